The van der Waals surface area contributed by atoms with Crippen LogP contribution in [0.4, 0.5) is 20.2 Å². The van der Waals surface area contributed by atoms with Crippen LogP contribution >= 0.6 is 0 Å². The molecule has 2 heterocycles. The van der Waals surface area contributed by atoms with Crippen LogP contribution in [0.25, 0.3) is 0 Å². The average molecular weight is 283 g/mol. The molecule has 2 atom stereocenters. The van der Waals surface area contributed by atoms with E-state index in [2.05, 4.69) is 0 Å². The third-order valence-electron chi connectivity index (χ3n) is 4.27. The first-order chi connectivity index (χ1) is 9.49. The Morgan fingerprint density at radius 1 is 1.25 bits per heavy atom. The lowest BCUT2D eigenvalue weighted by atomic mass is 9.97. The van der Waals surface area contributed by atoms with E-state index in [9.17, 15) is 18.9 Å². The Kier molecular flexibility index (Phi) is 3.08. The van der Waals surface area contributed by atoms with Crippen LogP contribution in [0.3, 0.4) is 0 Å². The molecule has 20 heavy (non-hydrogen) atoms. The van der Waals surface area contributed by atoms with Gasteiger partial charge in [0.25, 0.3) is 5.69 Å². The van der Waals surface area contributed by atoms with E-state index in [1.807, 2.05) is 0 Å². The SMILES string of the molecule is NC1CC2CCC(C1)N2c1c([N+](=O)[O-])ccc(F)c1F. The summed E-state index contributed by atoms with van der Waals surface area (Å²) in [4.78, 5) is 12.1. The first kappa shape index (κ1) is 13.2. The topological polar surface area (TPSA) is 72.4 Å². The molecule has 0 amide bonds. The maximum Gasteiger partial charge on any atom is 0.295 e. The van der Waals surface area contributed by atoms with E-state index >= 15 is 0 Å². The largest absolute Gasteiger partial charge is 0.357 e. The molecule has 2 unspecified atom stereocenters. The number of nitro benzene ring substituents is 1. The molecule has 2 fully saturated rings. The third kappa shape index (κ3) is 1.93. The molecule has 108 valence electrons. The molecule has 1 aromatic rings. The van der Waals surface area contributed by atoms with Crippen LogP contribution in [0, 0.1) is 21.7 Å². The van der Waals surface area contributed by atoms with Crippen LogP contribution in [0.15, 0.2) is 12.1 Å². The van der Waals surface area contributed by atoms with Crippen molar-refractivity contribution in [3.05, 3.63) is 33.9 Å². The van der Waals surface area contributed by atoms with Gasteiger partial charge in [-0.25, -0.2) is 8.78 Å². The molecule has 2 saturated heterocycles. The molecule has 0 radical (unpaired) electrons. The van der Waals surface area contributed by atoms with Crippen molar-refractivity contribution in [1.82, 2.24) is 0 Å². The summed E-state index contributed by atoms with van der Waals surface area (Å²) < 4.78 is 27.6. The molecule has 0 aromatic heterocycles. The first-order valence-corrected chi connectivity index (χ1v) is 6.65. The number of fused-ring (bicyclic) bond motifs is 2. The van der Waals surface area contributed by atoms with Gasteiger partial charge in [0.15, 0.2) is 17.3 Å². The molecule has 7 heteroatoms. The number of rotatable bonds is 2. The van der Waals surface area contributed by atoms with Gasteiger partial charge in [-0.2, -0.15) is 0 Å². The Morgan fingerprint density at radius 3 is 2.40 bits per heavy atom. The minimum absolute atomic E-state index is 0.0272. The lowest BCUT2D eigenvalue weighted by Gasteiger charge is -2.39. The number of hydrogen-bond acceptors (Lipinski definition) is 4. The Hall–Kier alpha value is -1.76. The maximum absolute atomic E-state index is 14.1. The van der Waals surface area contributed by atoms with E-state index in [0.717, 1.165) is 25.0 Å². The number of benzene rings is 1. The summed E-state index contributed by atoms with van der Waals surface area (Å²) in [6.07, 6.45) is 2.93. The molecule has 2 aliphatic heterocycles. The summed E-state index contributed by atoms with van der Waals surface area (Å²) in [5, 5.41) is 11.1. The van der Waals surface area contributed by atoms with Gasteiger partial charge >= 0.3 is 0 Å². The Morgan fingerprint density at radius 2 is 1.85 bits per heavy atom. The van der Waals surface area contributed by atoms with Crippen molar-refractivity contribution in [2.75, 3.05) is 4.90 Å². The van der Waals surface area contributed by atoms with Gasteiger partial charge in [0, 0.05) is 24.2 Å². The van der Waals surface area contributed by atoms with Gasteiger partial charge < -0.3 is 10.6 Å². The highest BCUT2D eigenvalue weighted by Crippen LogP contribution is 2.44. The highest BCUT2D eigenvalue weighted by molar-refractivity contribution is 5.66. The van der Waals surface area contributed by atoms with Gasteiger partial charge in [-0.05, 0) is 31.7 Å². The first-order valence-electron chi connectivity index (χ1n) is 6.65. The number of anilines is 1. The van der Waals surface area contributed by atoms with Crippen molar-refractivity contribution in [2.24, 2.45) is 5.73 Å². The zero-order valence-corrected chi connectivity index (χ0v) is 10.8. The van der Waals surface area contributed by atoms with Gasteiger partial charge in [-0.15, -0.1) is 0 Å². The standard InChI is InChI=1S/C13H15F2N3O2/c14-10-3-4-11(18(19)20)13(12(10)15)17-8-1-2-9(17)6-7(16)5-8/h3-4,7-9H,1-2,5-6,16H2. The number of nitrogens with two attached hydrogens (primary N) is 1. The molecule has 0 spiro atoms. The summed E-state index contributed by atoms with van der Waals surface area (Å²) in [6.45, 7) is 0. The number of nitro groups is 1. The molecular formula is C13H15F2N3O2. The molecule has 5 nitrogen and oxygen atoms in total. The molecule has 0 saturated carbocycles. The zero-order valence-electron chi connectivity index (χ0n) is 10.8. The lowest BCUT2D eigenvalue weighted by Crippen LogP contribution is -2.48. The van der Waals surface area contributed by atoms with Crippen LogP contribution in [-0.4, -0.2) is 23.0 Å². The van der Waals surface area contributed by atoms with Crippen LogP contribution < -0.4 is 10.6 Å². The molecule has 3 rings (SSSR count). The summed E-state index contributed by atoms with van der Waals surface area (Å²) in [7, 11) is 0. The van der Waals surface area contributed by atoms with Gasteiger partial charge in [0.05, 0.1) is 4.92 Å². The molecule has 0 aliphatic carbocycles. The number of hydrogen-bond donors (Lipinski definition) is 1. The molecule has 1 aromatic carbocycles. The van der Waals surface area contributed by atoms with Crippen molar-refractivity contribution in [1.29, 1.82) is 0 Å². The van der Waals surface area contributed by atoms with Crippen LogP contribution in [0.5, 0.6) is 0 Å². The highest BCUT2D eigenvalue weighted by Gasteiger charge is 2.43. The van der Waals surface area contributed by atoms with Crippen molar-refractivity contribution in [3.8, 4) is 0 Å². The zero-order chi connectivity index (χ0) is 14.4. The Labute approximate surface area is 114 Å². The van der Waals surface area contributed by atoms with Crippen LogP contribution in [-0.2, 0) is 0 Å². The third-order valence-corrected chi connectivity index (χ3v) is 4.27. The highest BCUT2D eigenvalue weighted by atomic mass is 19.2. The van der Waals surface area contributed by atoms with E-state index in [4.69, 9.17) is 5.73 Å². The second-order valence-corrected chi connectivity index (χ2v) is 5.51. The van der Waals surface area contributed by atoms with Gasteiger partial charge in [-0.3, -0.25) is 10.1 Å². The van der Waals surface area contributed by atoms with Gasteiger partial charge in [0.2, 0.25) is 0 Å². The summed E-state index contributed by atoms with van der Waals surface area (Å²) in [5.41, 5.74) is 5.34. The molecule has 2 N–H and O–H groups in total. The summed E-state index contributed by atoms with van der Waals surface area (Å²) in [5.74, 6) is -2.19. The quantitative estimate of drug-likeness (QED) is 0.668. The van der Waals surface area contributed by atoms with Crippen LogP contribution in [0.2, 0.25) is 0 Å². The monoisotopic (exact) mass is 283 g/mol. The molecular weight excluding hydrogens is 268 g/mol. The number of nitrogens with zero attached hydrogens (tertiary/aromatic N) is 2. The predicted molar refractivity (Wildman–Crippen MR) is 69.5 cm³/mol. The fraction of sp³-hybridized carbons (Fsp3) is 0.538. The maximum atomic E-state index is 14.1. The minimum Gasteiger partial charge on any atom is -0.357 e. The Bertz CT molecular complexity index is 553. The summed E-state index contributed by atoms with van der Waals surface area (Å²) >= 11 is 0. The van der Waals surface area contributed by atoms with Crippen molar-refractivity contribution in [3.63, 3.8) is 0 Å². The van der Waals surface area contributed by atoms with Gasteiger partial charge in [0.1, 0.15) is 0 Å². The second-order valence-electron chi connectivity index (χ2n) is 5.51. The van der Waals surface area contributed by atoms with E-state index in [-0.39, 0.29) is 29.5 Å². The van der Waals surface area contributed by atoms with E-state index in [0.29, 0.717) is 12.8 Å². The smallest absolute Gasteiger partial charge is 0.295 e. The minimum atomic E-state index is -1.13. The fourth-order valence-corrected chi connectivity index (χ4v) is 3.51. The average Bonchev–Trinajstić information content (AvgIpc) is 2.64. The second kappa shape index (κ2) is 4.66. The number of piperidine rings is 1. The Balaban J connectivity index is 2.10. The number of halogens is 2. The van der Waals surface area contributed by atoms with Gasteiger partial charge in [-0.1, -0.05) is 0 Å². The van der Waals surface area contributed by atoms with Crippen molar-refractivity contribution >= 4 is 11.4 Å². The van der Waals surface area contributed by atoms with E-state index < -0.39 is 16.6 Å². The van der Waals surface area contributed by atoms with Crippen LogP contribution in [0.1, 0.15) is 25.7 Å². The van der Waals surface area contributed by atoms with E-state index in [1.165, 1.54) is 0 Å². The van der Waals surface area contributed by atoms with E-state index in [1.54, 1.807) is 4.90 Å². The molecule has 2 bridgehead atoms. The normalized spacial score (nSPS) is 28.8. The van der Waals surface area contributed by atoms with Crippen molar-refractivity contribution in [2.45, 2.75) is 43.8 Å². The predicted octanol–water partition coefficient (Wildman–Crippen LogP) is 2.33. The molecule has 2 aliphatic rings. The van der Waals surface area contributed by atoms with Crippen molar-refractivity contribution < 1.29 is 13.7 Å². The lowest BCUT2D eigenvalue weighted by molar-refractivity contribution is -0.384. The summed E-state index contributed by atoms with van der Waals surface area (Å²) in [6, 6.07) is 1.77. The fourth-order valence-electron chi connectivity index (χ4n) is 3.51.